The van der Waals surface area contributed by atoms with Crippen LogP contribution in [0, 0.1) is 33.1 Å². The Hall–Kier alpha value is -4.01. The zero-order chi connectivity index (χ0) is 23.4. The molecule has 0 radical (unpaired) electrons. The van der Waals surface area contributed by atoms with E-state index in [1.54, 1.807) is 19.1 Å². The smallest absolute Gasteiger partial charge is 0.259 e. The van der Waals surface area contributed by atoms with Crippen LogP contribution in [0.2, 0.25) is 0 Å². The molecule has 1 aliphatic rings. The molecule has 1 aliphatic carbocycles. The lowest BCUT2D eigenvalue weighted by Crippen LogP contribution is -2.11. The summed E-state index contributed by atoms with van der Waals surface area (Å²) >= 11 is 0. The number of hydrogen-bond acceptors (Lipinski definition) is 7. The first-order valence-corrected chi connectivity index (χ1v) is 10.0. The number of nitro groups is 2. The van der Waals surface area contributed by atoms with Crippen LogP contribution in [0.5, 0.6) is 0 Å². The maximum atomic E-state index is 11.0. The first-order chi connectivity index (χ1) is 15.2. The van der Waals surface area contributed by atoms with Gasteiger partial charge in [-0.1, -0.05) is 13.0 Å². The fourth-order valence-electron chi connectivity index (χ4n) is 3.32. The molecule has 0 N–H and O–H groups in total. The molecule has 1 heterocycles. The number of nitrogens with zero attached hydrogens (tertiary/aromatic N) is 5. The molecular weight excluding hydrogens is 410 g/mol. The Bertz CT molecular complexity index is 1210. The second-order valence-corrected chi connectivity index (χ2v) is 7.64. The summed E-state index contributed by atoms with van der Waals surface area (Å²) < 4.78 is 0. The number of aromatic nitrogens is 1. The van der Waals surface area contributed by atoms with Crippen molar-refractivity contribution in [3.8, 4) is 0 Å². The van der Waals surface area contributed by atoms with Crippen molar-refractivity contribution in [2.75, 3.05) is 0 Å². The van der Waals surface area contributed by atoms with Crippen LogP contribution in [0.1, 0.15) is 44.1 Å². The molecular formula is C23H23N5O4. The highest BCUT2D eigenvalue weighted by Gasteiger charge is 2.22. The lowest BCUT2D eigenvalue weighted by Gasteiger charge is -2.15. The summed E-state index contributed by atoms with van der Waals surface area (Å²) in [6, 6.07) is 10.1. The van der Waals surface area contributed by atoms with Crippen molar-refractivity contribution in [3.05, 3.63) is 97.1 Å². The average molecular weight is 433 g/mol. The molecule has 2 aromatic rings. The van der Waals surface area contributed by atoms with E-state index in [4.69, 9.17) is 0 Å². The predicted octanol–water partition coefficient (Wildman–Crippen LogP) is 5.33. The molecule has 1 aromatic heterocycles. The predicted molar refractivity (Wildman–Crippen MR) is 123 cm³/mol. The minimum absolute atomic E-state index is 0.0254. The summed E-state index contributed by atoms with van der Waals surface area (Å²) in [7, 11) is 0. The highest BCUT2D eigenvalue weighted by Crippen LogP contribution is 2.27. The highest BCUT2D eigenvalue weighted by atomic mass is 16.6. The molecule has 9 nitrogen and oxygen atoms in total. The van der Waals surface area contributed by atoms with Crippen LogP contribution in [-0.4, -0.2) is 26.3 Å². The fraction of sp³-hybridized carbons (Fsp3) is 0.261. The van der Waals surface area contributed by atoms with Gasteiger partial charge in [-0.05, 0) is 50.6 Å². The van der Waals surface area contributed by atoms with Gasteiger partial charge in [-0.2, -0.15) is 0 Å². The average Bonchev–Trinajstić information content (AvgIpc) is 2.76. The van der Waals surface area contributed by atoms with Crippen LogP contribution in [-0.2, 0) is 0 Å². The van der Waals surface area contributed by atoms with E-state index in [2.05, 4.69) is 15.0 Å². The van der Waals surface area contributed by atoms with Gasteiger partial charge in [0.15, 0.2) is 0 Å². The van der Waals surface area contributed by atoms with Crippen molar-refractivity contribution in [2.45, 2.75) is 34.1 Å². The van der Waals surface area contributed by atoms with E-state index in [9.17, 15) is 20.2 Å². The molecule has 0 bridgehead atoms. The van der Waals surface area contributed by atoms with Gasteiger partial charge >= 0.3 is 0 Å². The SMILES string of the molecule is CC(=NC1=CC=C([N+](=O)[O-])CC1C)c1cccc(C(C)=Nc2ccc([N+](=O)[O-])cc2C)n1. The molecule has 1 atom stereocenters. The number of hydrogen-bond donors (Lipinski definition) is 0. The van der Waals surface area contributed by atoms with Gasteiger partial charge in [0.25, 0.3) is 5.69 Å². The first-order valence-electron chi connectivity index (χ1n) is 10.0. The minimum Gasteiger partial charge on any atom is -0.259 e. The fourth-order valence-corrected chi connectivity index (χ4v) is 3.32. The second kappa shape index (κ2) is 9.42. The first kappa shape index (κ1) is 22.7. The third-order valence-electron chi connectivity index (χ3n) is 5.17. The summed E-state index contributed by atoms with van der Waals surface area (Å²) in [6.07, 6.45) is 3.52. The van der Waals surface area contributed by atoms with Gasteiger partial charge < -0.3 is 0 Å². The maximum Gasteiger partial charge on any atom is 0.269 e. The van der Waals surface area contributed by atoms with Crippen molar-refractivity contribution < 1.29 is 9.85 Å². The Morgan fingerprint density at radius 2 is 1.66 bits per heavy atom. The van der Waals surface area contributed by atoms with E-state index in [1.165, 1.54) is 18.2 Å². The van der Waals surface area contributed by atoms with Gasteiger partial charge in [0.05, 0.1) is 38.3 Å². The summed E-state index contributed by atoms with van der Waals surface area (Å²) in [5.41, 5.74) is 5.02. The van der Waals surface area contributed by atoms with Crippen LogP contribution in [0.4, 0.5) is 11.4 Å². The number of pyridine rings is 1. The summed E-state index contributed by atoms with van der Waals surface area (Å²) in [5.74, 6) is -0.0630. The van der Waals surface area contributed by atoms with Gasteiger partial charge in [-0.3, -0.25) is 30.2 Å². The Labute approximate surface area is 185 Å². The van der Waals surface area contributed by atoms with E-state index in [0.29, 0.717) is 40.5 Å². The second-order valence-electron chi connectivity index (χ2n) is 7.64. The van der Waals surface area contributed by atoms with E-state index in [-0.39, 0.29) is 22.2 Å². The van der Waals surface area contributed by atoms with Gasteiger partial charge in [0.1, 0.15) is 0 Å². The van der Waals surface area contributed by atoms with Gasteiger partial charge in [0.2, 0.25) is 5.70 Å². The lowest BCUT2D eigenvalue weighted by molar-refractivity contribution is -0.428. The molecule has 0 saturated carbocycles. The third kappa shape index (κ3) is 5.18. The number of aryl methyl sites for hydroxylation is 1. The largest absolute Gasteiger partial charge is 0.269 e. The highest BCUT2D eigenvalue weighted by molar-refractivity contribution is 6.02. The molecule has 0 aliphatic heterocycles. The monoisotopic (exact) mass is 433 g/mol. The number of allylic oxidation sites excluding steroid dienone is 4. The Morgan fingerprint density at radius 3 is 2.22 bits per heavy atom. The van der Waals surface area contributed by atoms with Gasteiger partial charge in [-0.25, -0.2) is 4.98 Å². The zero-order valence-electron chi connectivity index (χ0n) is 18.3. The molecule has 1 aromatic carbocycles. The van der Waals surface area contributed by atoms with Crippen LogP contribution in [0.25, 0.3) is 0 Å². The topological polar surface area (TPSA) is 124 Å². The zero-order valence-corrected chi connectivity index (χ0v) is 18.3. The normalized spacial score (nSPS) is 16.9. The summed E-state index contributed by atoms with van der Waals surface area (Å²) in [6.45, 7) is 7.36. The van der Waals surface area contributed by atoms with Crippen molar-refractivity contribution in [3.63, 3.8) is 0 Å². The molecule has 0 saturated heterocycles. The molecule has 9 heteroatoms. The van der Waals surface area contributed by atoms with E-state index in [0.717, 1.165) is 5.70 Å². The molecule has 32 heavy (non-hydrogen) atoms. The van der Waals surface area contributed by atoms with Crippen molar-refractivity contribution in [1.82, 2.24) is 4.98 Å². The standard InChI is InChI=1S/C23H23N5O4/c1-14-12-18(27(29)30)8-10-20(14)24-16(3)22-6-5-7-23(26-22)17(4)25-21-11-9-19(28(31)32)13-15(21)2/h5-12,15H,13H2,1-4H3. The van der Waals surface area contributed by atoms with Crippen LogP contribution in [0.15, 0.2) is 69.9 Å². The number of aliphatic imine (C=N–C) groups is 2. The minimum atomic E-state index is -0.433. The van der Waals surface area contributed by atoms with Gasteiger partial charge in [0, 0.05) is 36.2 Å². The number of nitro benzene ring substituents is 1. The molecule has 0 fully saturated rings. The van der Waals surface area contributed by atoms with Gasteiger partial charge in [-0.15, -0.1) is 0 Å². The van der Waals surface area contributed by atoms with Crippen LogP contribution in [0.3, 0.4) is 0 Å². The molecule has 1 unspecified atom stereocenters. The van der Waals surface area contributed by atoms with Crippen molar-refractivity contribution in [2.24, 2.45) is 15.9 Å². The summed E-state index contributed by atoms with van der Waals surface area (Å²) in [4.78, 5) is 35.0. The van der Waals surface area contributed by atoms with E-state index >= 15 is 0 Å². The number of non-ortho nitro benzene ring substituents is 1. The van der Waals surface area contributed by atoms with Crippen LogP contribution >= 0.6 is 0 Å². The lowest BCUT2D eigenvalue weighted by atomic mass is 9.97. The third-order valence-corrected chi connectivity index (χ3v) is 5.17. The van der Waals surface area contributed by atoms with E-state index in [1.807, 2.05) is 39.0 Å². The van der Waals surface area contributed by atoms with Crippen molar-refractivity contribution >= 4 is 22.8 Å². The Kier molecular flexibility index (Phi) is 6.67. The molecule has 0 spiro atoms. The molecule has 0 amide bonds. The van der Waals surface area contributed by atoms with Crippen LogP contribution < -0.4 is 0 Å². The number of rotatable bonds is 6. The Morgan fingerprint density at radius 1 is 1.00 bits per heavy atom. The van der Waals surface area contributed by atoms with Crippen molar-refractivity contribution in [1.29, 1.82) is 0 Å². The molecule has 3 rings (SSSR count). The molecule has 164 valence electrons. The quantitative estimate of drug-likeness (QED) is 0.346. The maximum absolute atomic E-state index is 11.0. The number of benzene rings is 1. The summed E-state index contributed by atoms with van der Waals surface area (Å²) in [5, 5.41) is 21.9. The van der Waals surface area contributed by atoms with E-state index < -0.39 is 4.92 Å². The Balaban J connectivity index is 1.88.